The molecule has 0 atom stereocenters. The monoisotopic (exact) mass is 192 g/mol. The first-order chi connectivity index (χ1) is 6.59. The molecule has 0 radical (unpaired) electrons. The molecule has 14 heavy (non-hydrogen) atoms. The Morgan fingerprint density at radius 2 is 2.00 bits per heavy atom. The zero-order chi connectivity index (χ0) is 10.2. The Morgan fingerprint density at radius 3 is 2.71 bits per heavy atom. The fourth-order valence-corrected chi connectivity index (χ4v) is 2.22. The first-order valence-electron chi connectivity index (χ1n) is 5.64. The second kappa shape index (κ2) is 3.41. The van der Waals surface area contributed by atoms with E-state index in [2.05, 4.69) is 36.7 Å². The van der Waals surface area contributed by atoms with Gasteiger partial charge in [-0.25, -0.2) is 0 Å². The molecule has 0 aromatic carbocycles. The van der Waals surface area contributed by atoms with Crippen LogP contribution in [0.2, 0.25) is 0 Å². The van der Waals surface area contributed by atoms with Crippen LogP contribution in [0.4, 0.5) is 0 Å². The van der Waals surface area contributed by atoms with Crippen LogP contribution < -0.4 is 0 Å². The molecular weight excluding hydrogens is 172 g/mol. The minimum Gasteiger partial charge on any atom is -0.269 e. The number of aromatic nitrogens is 2. The van der Waals surface area contributed by atoms with Crippen LogP contribution in [0.25, 0.3) is 0 Å². The molecule has 1 aromatic rings. The first-order valence-corrected chi connectivity index (χ1v) is 5.64. The van der Waals surface area contributed by atoms with Gasteiger partial charge in [0.05, 0.1) is 6.20 Å². The zero-order valence-electron chi connectivity index (χ0n) is 9.51. The molecule has 0 aliphatic carbocycles. The summed E-state index contributed by atoms with van der Waals surface area (Å²) in [6.07, 6.45) is 7.26. The van der Waals surface area contributed by atoms with Crippen LogP contribution in [0.1, 0.15) is 51.3 Å². The van der Waals surface area contributed by atoms with Crippen LogP contribution in [-0.4, -0.2) is 9.78 Å². The van der Waals surface area contributed by atoms with E-state index in [9.17, 15) is 0 Å². The van der Waals surface area contributed by atoms with Crippen molar-refractivity contribution in [1.29, 1.82) is 0 Å². The van der Waals surface area contributed by atoms with Gasteiger partial charge in [-0.3, -0.25) is 4.68 Å². The third-order valence-corrected chi connectivity index (χ3v) is 3.04. The van der Waals surface area contributed by atoms with Gasteiger partial charge in [0.2, 0.25) is 0 Å². The van der Waals surface area contributed by atoms with Gasteiger partial charge in [0.25, 0.3) is 0 Å². The molecule has 1 aromatic heterocycles. The number of nitrogens with zero attached hydrogens (tertiary/aromatic N) is 2. The molecular formula is C12H20N2. The van der Waals surface area contributed by atoms with Gasteiger partial charge >= 0.3 is 0 Å². The van der Waals surface area contributed by atoms with Gasteiger partial charge in [-0.2, -0.15) is 5.10 Å². The lowest BCUT2D eigenvalue weighted by Gasteiger charge is -2.19. The summed E-state index contributed by atoms with van der Waals surface area (Å²) in [5.41, 5.74) is 3.17. The Labute approximate surface area is 86.3 Å². The summed E-state index contributed by atoms with van der Waals surface area (Å²) >= 11 is 0. The van der Waals surface area contributed by atoms with Crippen molar-refractivity contribution < 1.29 is 0 Å². The van der Waals surface area contributed by atoms with Crippen LogP contribution in [0.3, 0.4) is 0 Å². The third kappa shape index (κ3) is 1.70. The number of fused-ring (bicyclic) bond motifs is 1. The van der Waals surface area contributed by atoms with E-state index >= 15 is 0 Å². The standard InChI is InChI=1S/C12H20N2/c1-12(2,3)10-9-13-14-8-6-4-5-7-11(10)14/h9H,4-8H2,1-3H3. The number of rotatable bonds is 0. The maximum atomic E-state index is 4.50. The highest BCUT2D eigenvalue weighted by atomic mass is 15.3. The van der Waals surface area contributed by atoms with E-state index in [4.69, 9.17) is 0 Å². The Kier molecular flexibility index (Phi) is 2.38. The minimum atomic E-state index is 0.248. The van der Waals surface area contributed by atoms with Gasteiger partial charge in [-0.15, -0.1) is 0 Å². The highest BCUT2D eigenvalue weighted by Crippen LogP contribution is 2.28. The Hall–Kier alpha value is -0.790. The van der Waals surface area contributed by atoms with Crippen molar-refractivity contribution >= 4 is 0 Å². The molecule has 1 aliphatic heterocycles. The van der Waals surface area contributed by atoms with Crippen molar-refractivity contribution in [1.82, 2.24) is 9.78 Å². The second-order valence-corrected chi connectivity index (χ2v) is 5.29. The molecule has 0 saturated carbocycles. The lowest BCUT2D eigenvalue weighted by molar-refractivity contribution is 0.563. The molecule has 2 nitrogen and oxygen atoms in total. The van der Waals surface area contributed by atoms with Gasteiger partial charge in [0, 0.05) is 12.2 Å². The quantitative estimate of drug-likeness (QED) is 0.618. The summed E-state index contributed by atoms with van der Waals surface area (Å²) in [4.78, 5) is 0. The predicted molar refractivity (Wildman–Crippen MR) is 58.5 cm³/mol. The summed E-state index contributed by atoms with van der Waals surface area (Å²) in [6, 6.07) is 0. The third-order valence-electron chi connectivity index (χ3n) is 3.04. The number of aryl methyl sites for hydroxylation is 1. The maximum Gasteiger partial charge on any atom is 0.0530 e. The predicted octanol–water partition coefficient (Wildman–Crippen LogP) is 2.91. The lowest BCUT2D eigenvalue weighted by Crippen LogP contribution is -2.14. The van der Waals surface area contributed by atoms with Crippen molar-refractivity contribution in [2.45, 2.75) is 58.4 Å². The summed E-state index contributed by atoms with van der Waals surface area (Å²) < 4.78 is 2.22. The molecule has 78 valence electrons. The molecule has 2 rings (SSSR count). The molecule has 0 unspecified atom stereocenters. The van der Waals surface area contributed by atoms with Crippen LogP contribution >= 0.6 is 0 Å². The number of hydrogen-bond acceptors (Lipinski definition) is 1. The maximum absolute atomic E-state index is 4.50. The minimum absolute atomic E-state index is 0.248. The van der Waals surface area contributed by atoms with Crippen molar-refractivity contribution in [3.63, 3.8) is 0 Å². The lowest BCUT2D eigenvalue weighted by atomic mass is 9.86. The van der Waals surface area contributed by atoms with Gasteiger partial charge in [-0.1, -0.05) is 27.2 Å². The van der Waals surface area contributed by atoms with Gasteiger partial charge in [-0.05, 0) is 30.2 Å². The summed E-state index contributed by atoms with van der Waals surface area (Å²) in [5.74, 6) is 0. The fraction of sp³-hybridized carbons (Fsp3) is 0.750. The Balaban J connectivity index is 2.39. The Bertz CT molecular complexity index is 318. The smallest absolute Gasteiger partial charge is 0.0530 e. The molecule has 0 N–H and O–H groups in total. The molecule has 0 saturated heterocycles. The van der Waals surface area contributed by atoms with Crippen molar-refractivity contribution in [3.05, 3.63) is 17.5 Å². The average Bonchev–Trinajstić information content (AvgIpc) is 2.36. The molecule has 1 aliphatic rings. The van der Waals surface area contributed by atoms with E-state index in [1.54, 1.807) is 0 Å². The summed E-state index contributed by atoms with van der Waals surface area (Å²) in [6.45, 7) is 7.94. The van der Waals surface area contributed by atoms with Gasteiger partial charge in [0.15, 0.2) is 0 Å². The van der Waals surface area contributed by atoms with Crippen LogP contribution in [0.15, 0.2) is 6.20 Å². The van der Waals surface area contributed by atoms with Crippen LogP contribution in [0, 0.1) is 0 Å². The van der Waals surface area contributed by atoms with Gasteiger partial charge in [0.1, 0.15) is 0 Å². The second-order valence-electron chi connectivity index (χ2n) is 5.29. The molecule has 2 heteroatoms. The van der Waals surface area contributed by atoms with Gasteiger partial charge < -0.3 is 0 Å². The molecule has 2 heterocycles. The molecule has 0 amide bonds. The SMILES string of the molecule is CC(C)(C)c1cnn2c1CCCCC2. The van der Waals surface area contributed by atoms with E-state index in [1.165, 1.54) is 36.9 Å². The van der Waals surface area contributed by atoms with Crippen LogP contribution in [0.5, 0.6) is 0 Å². The Morgan fingerprint density at radius 1 is 1.21 bits per heavy atom. The van der Waals surface area contributed by atoms with Crippen molar-refractivity contribution in [2.75, 3.05) is 0 Å². The normalized spacial score (nSPS) is 17.6. The van der Waals surface area contributed by atoms with E-state index in [0.29, 0.717) is 0 Å². The topological polar surface area (TPSA) is 17.8 Å². The van der Waals surface area contributed by atoms with E-state index < -0.39 is 0 Å². The average molecular weight is 192 g/mol. The van der Waals surface area contributed by atoms with E-state index in [1.807, 2.05) is 0 Å². The highest BCUT2D eigenvalue weighted by Gasteiger charge is 2.22. The largest absolute Gasteiger partial charge is 0.269 e. The zero-order valence-corrected chi connectivity index (χ0v) is 9.51. The highest BCUT2D eigenvalue weighted by molar-refractivity contribution is 5.26. The fourth-order valence-electron chi connectivity index (χ4n) is 2.22. The summed E-state index contributed by atoms with van der Waals surface area (Å²) in [7, 11) is 0. The summed E-state index contributed by atoms with van der Waals surface area (Å²) in [5, 5.41) is 4.50. The molecule has 0 bridgehead atoms. The van der Waals surface area contributed by atoms with Crippen molar-refractivity contribution in [2.24, 2.45) is 0 Å². The first kappa shape index (κ1) is 9.75. The van der Waals surface area contributed by atoms with Crippen molar-refractivity contribution in [3.8, 4) is 0 Å². The number of hydrogen-bond donors (Lipinski definition) is 0. The molecule has 0 fully saturated rings. The van der Waals surface area contributed by atoms with E-state index in [0.717, 1.165) is 6.54 Å². The molecule has 0 spiro atoms. The van der Waals surface area contributed by atoms with Crippen LogP contribution in [-0.2, 0) is 18.4 Å². The van der Waals surface area contributed by atoms with E-state index in [-0.39, 0.29) is 5.41 Å².